The Balaban J connectivity index is 1.62. The van der Waals surface area contributed by atoms with Gasteiger partial charge in [-0.3, -0.25) is 14.4 Å². The second-order valence-corrected chi connectivity index (χ2v) is 7.48. The van der Waals surface area contributed by atoms with Crippen molar-refractivity contribution < 1.29 is 19.5 Å². The molecule has 0 saturated heterocycles. The van der Waals surface area contributed by atoms with Crippen molar-refractivity contribution >= 4 is 45.9 Å². The van der Waals surface area contributed by atoms with Gasteiger partial charge in [-0.2, -0.15) is 0 Å². The summed E-state index contributed by atoms with van der Waals surface area (Å²) in [5, 5.41) is 15.0. The fourth-order valence-electron chi connectivity index (χ4n) is 3.16. The molecule has 6 nitrogen and oxygen atoms in total. The van der Waals surface area contributed by atoms with Crippen LogP contribution in [0.25, 0.3) is 10.9 Å². The van der Waals surface area contributed by atoms with E-state index in [2.05, 4.69) is 10.3 Å². The highest BCUT2D eigenvalue weighted by atomic mass is 32.1. The second kappa shape index (κ2) is 7.37. The van der Waals surface area contributed by atoms with E-state index in [0.717, 1.165) is 5.56 Å². The molecule has 0 radical (unpaired) electrons. The number of hydrogen-bond acceptors (Lipinski definition) is 5. The summed E-state index contributed by atoms with van der Waals surface area (Å²) in [7, 11) is 0. The van der Waals surface area contributed by atoms with Crippen LogP contribution >= 0.6 is 11.3 Å². The number of thiophene rings is 1. The number of aryl methyl sites for hydroxylation is 1. The molecule has 29 heavy (non-hydrogen) atoms. The zero-order chi connectivity index (χ0) is 20.5. The topological polar surface area (TPSA) is 99.3 Å². The largest absolute Gasteiger partial charge is 0.494 e. The van der Waals surface area contributed by atoms with Crippen molar-refractivity contribution in [1.82, 2.24) is 4.98 Å². The van der Waals surface area contributed by atoms with Gasteiger partial charge in [-0.25, -0.2) is 0 Å². The molecule has 0 spiro atoms. The van der Waals surface area contributed by atoms with Crippen LogP contribution in [0.4, 0.5) is 5.69 Å². The van der Waals surface area contributed by atoms with Gasteiger partial charge in [-0.15, -0.1) is 11.3 Å². The molecule has 144 valence electrons. The molecule has 0 aliphatic rings. The number of carbonyl (C=O) groups is 3. The fraction of sp³-hybridized carbons (Fsp3) is 0.0455. The number of amides is 1. The molecule has 0 bridgehead atoms. The summed E-state index contributed by atoms with van der Waals surface area (Å²) in [6, 6.07) is 13.4. The number of rotatable bonds is 5. The Bertz CT molecular complexity index is 1270. The summed E-state index contributed by atoms with van der Waals surface area (Å²) >= 11 is 1.36. The number of H-pyrrole nitrogens is 1. The number of ketones is 1. The number of carbonyl (C=O) groups excluding carboxylic acids is 3. The first-order chi connectivity index (χ1) is 14.0. The van der Waals surface area contributed by atoms with Crippen molar-refractivity contribution in [3.05, 3.63) is 81.0 Å². The first kappa shape index (κ1) is 18.6. The Labute approximate surface area is 169 Å². The molecule has 4 rings (SSSR count). The lowest BCUT2D eigenvalue weighted by Gasteiger charge is -2.07. The predicted molar refractivity (Wildman–Crippen MR) is 112 cm³/mol. The number of aldehydes is 1. The normalized spacial score (nSPS) is 10.8. The van der Waals surface area contributed by atoms with Crippen LogP contribution in [0.1, 0.15) is 41.5 Å². The summed E-state index contributed by atoms with van der Waals surface area (Å²) in [4.78, 5) is 39.8. The Morgan fingerprint density at radius 3 is 2.62 bits per heavy atom. The maximum atomic E-state index is 12.9. The van der Waals surface area contributed by atoms with Crippen molar-refractivity contribution in [2.75, 3.05) is 5.32 Å². The average molecular weight is 404 g/mol. The minimum atomic E-state index is -0.239. The number of nitrogens with one attached hydrogen (secondary N) is 2. The summed E-state index contributed by atoms with van der Waals surface area (Å²) < 4.78 is 0. The molecule has 1 amide bonds. The molecule has 0 atom stereocenters. The van der Waals surface area contributed by atoms with Gasteiger partial charge in [0.2, 0.25) is 0 Å². The standard InChI is InChI=1S/C22H16N2O4S/c1-12-7-8-29-20(12)22(28)23-15-4-2-3-13(9-15)19(26)14-5-6-16-17(11-25)21(27)24-18(16)10-14/h2-11,24,27H,1H3,(H,23,28). The van der Waals surface area contributed by atoms with E-state index in [1.807, 2.05) is 18.4 Å². The molecule has 0 fully saturated rings. The van der Waals surface area contributed by atoms with Gasteiger partial charge in [-0.1, -0.05) is 24.3 Å². The second-order valence-electron chi connectivity index (χ2n) is 6.56. The Kier molecular flexibility index (Phi) is 4.74. The van der Waals surface area contributed by atoms with Gasteiger partial charge in [0.15, 0.2) is 17.9 Å². The number of hydrogen-bond donors (Lipinski definition) is 3. The smallest absolute Gasteiger partial charge is 0.265 e. The van der Waals surface area contributed by atoms with E-state index >= 15 is 0 Å². The zero-order valence-corrected chi connectivity index (χ0v) is 16.2. The number of aromatic hydroxyl groups is 1. The highest BCUT2D eigenvalue weighted by Crippen LogP contribution is 2.27. The number of benzene rings is 2. The Morgan fingerprint density at radius 1 is 1.10 bits per heavy atom. The maximum absolute atomic E-state index is 12.9. The van der Waals surface area contributed by atoms with Gasteiger partial charge >= 0.3 is 0 Å². The molecule has 7 heteroatoms. The fourth-order valence-corrected chi connectivity index (χ4v) is 3.98. The summed E-state index contributed by atoms with van der Waals surface area (Å²) in [6.45, 7) is 1.87. The first-order valence-corrected chi connectivity index (χ1v) is 9.66. The first-order valence-electron chi connectivity index (χ1n) is 8.78. The highest BCUT2D eigenvalue weighted by Gasteiger charge is 2.16. The molecular weight excluding hydrogens is 388 g/mol. The summed E-state index contributed by atoms with van der Waals surface area (Å²) in [5.41, 5.74) is 2.89. The monoisotopic (exact) mass is 404 g/mol. The quantitative estimate of drug-likeness (QED) is 0.336. The van der Waals surface area contributed by atoms with Crippen molar-refractivity contribution in [3.8, 4) is 5.88 Å². The van der Waals surface area contributed by atoms with Gasteiger partial charge in [-0.05, 0) is 42.1 Å². The lowest BCUT2D eigenvalue weighted by molar-refractivity contribution is 0.102. The van der Waals surface area contributed by atoms with Gasteiger partial charge in [0.05, 0.1) is 10.4 Å². The Morgan fingerprint density at radius 2 is 1.90 bits per heavy atom. The van der Waals surface area contributed by atoms with Crippen LogP contribution in [0, 0.1) is 6.92 Å². The van der Waals surface area contributed by atoms with Crippen LogP contribution in [-0.4, -0.2) is 28.1 Å². The van der Waals surface area contributed by atoms with Crippen LogP contribution < -0.4 is 5.32 Å². The van der Waals surface area contributed by atoms with E-state index < -0.39 is 0 Å². The van der Waals surface area contributed by atoms with E-state index in [9.17, 15) is 19.5 Å². The molecule has 2 aromatic heterocycles. The van der Waals surface area contributed by atoms with Crippen LogP contribution in [-0.2, 0) is 0 Å². The molecule has 3 N–H and O–H groups in total. The van der Waals surface area contributed by atoms with E-state index in [-0.39, 0.29) is 23.1 Å². The van der Waals surface area contributed by atoms with E-state index in [1.54, 1.807) is 42.5 Å². The van der Waals surface area contributed by atoms with Gasteiger partial charge in [0, 0.05) is 27.7 Å². The van der Waals surface area contributed by atoms with Crippen molar-refractivity contribution in [2.24, 2.45) is 0 Å². The lowest BCUT2D eigenvalue weighted by atomic mass is 10.0. The zero-order valence-electron chi connectivity index (χ0n) is 15.4. The van der Waals surface area contributed by atoms with Gasteiger partial charge in [0.1, 0.15) is 0 Å². The summed E-state index contributed by atoms with van der Waals surface area (Å²) in [6.07, 6.45) is 0.567. The van der Waals surface area contributed by atoms with Crippen molar-refractivity contribution in [3.63, 3.8) is 0 Å². The molecule has 0 aliphatic heterocycles. The summed E-state index contributed by atoms with van der Waals surface area (Å²) in [5.74, 6) is -0.683. The van der Waals surface area contributed by atoms with E-state index in [0.29, 0.717) is 38.9 Å². The molecular formula is C22H16N2O4S. The third kappa shape index (κ3) is 3.43. The van der Waals surface area contributed by atoms with Gasteiger partial charge < -0.3 is 15.4 Å². The number of anilines is 1. The minimum absolute atomic E-state index is 0.160. The van der Waals surface area contributed by atoms with Crippen LogP contribution in [0.15, 0.2) is 53.9 Å². The van der Waals surface area contributed by atoms with E-state index in [4.69, 9.17) is 0 Å². The SMILES string of the molecule is Cc1ccsc1C(=O)Nc1cccc(C(=O)c2ccc3c(C=O)c(O)[nH]c3c2)c1. The Hall–Kier alpha value is -3.71. The van der Waals surface area contributed by atoms with Crippen LogP contribution in [0.2, 0.25) is 0 Å². The van der Waals surface area contributed by atoms with Crippen molar-refractivity contribution in [1.29, 1.82) is 0 Å². The number of fused-ring (bicyclic) bond motifs is 1. The maximum Gasteiger partial charge on any atom is 0.265 e. The molecule has 0 saturated carbocycles. The molecule has 0 aliphatic carbocycles. The molecule has 2 heterocycles. The van der Waals surface area contributed by atoms with Gasteiger partial charge in [0.25, 0.3) is 5.91 Å². The number of aromatic amines is 1. The predicted octanol–water partition coefficient (Wildman–Crippen LogP) is 4.54. The minimum Gasteiger partial charge on any atom is -0.494 e. The third-order valence-electron chi connectivity index (χ3n) is 4.65. The van der Waals surface area contributed by atoms with Crippen LogP contribution in [0.3, 0.4) is 0 Å². The average Bonchev–Trinajstić information content (AvgIpc) is 3.28. The molecule has 0 unspecified atom stereocenters. The molecule has 4 aromatic rings. The molecule has 2 aromatic carbocycles. The van der Waals surface area contributed by atoms with Crippen LogP contribution in [0.5, 0.6) is 5.88 Å². The van der Waals surface area contributed by atoms with E-state index in [1.165, 1.54) is 11.3 Å². The third-order valence-corrected chi connectivity index (χ3v) is 5.66. The lowest BCUT2D eigenvalue weighted by Crippen LogP contribution is -2.12. The highest BCUT2D eigenvalue weighted by molar-refractivity contribution is 7.12. The van der Waals surface area contributed by atoms with Crippen molar-refractivity contribution in [2.45, 2.75) is 6.92 Å². The number of aromatic nitrogens is 1.